The number of anilines is 2. The molecule has 0 bridgehead atoms. The van der Waals surface area contributed by atoms with Gasteiger partial charge in [0.1, 0.15) is 18.7 Å². The van der Waals surface area contributed by atoms with E-state index in [9.17, 15) is 18.0 Å². The summed E-state index contributed by atoms with van der Waals surface area (Å²) >= 11 is 0. The fourth-order valence-electron chi connectivity index (χ4n) is 3.33. The maximum Gasteiger partial charge on any atom is 0.433 e. The summed E-state index contributed by atoms with van der Waals surface area (Å²) in [6, 6.07) is 0.834. The van der Waals surface area contributed by atoms with E-state index in [0.29, 0.717) is 18.8 Å². The van der Waals surface area contributed by atoms with Crippen molar-refractivity contribution in [3.05, 3.63) is 30.5 Å². The SMILES string of the molecule is CC1CN(C(=O)Cn2cc(Nc3cc(C(F)(F)F)nc4ncnn34)cn2)CC(C)O1. The predicted molar refractivity (Wildman–Crippen MR) is 97.9 cm³/mol. The lowest BCUT2D eigenvalue weighted by Crippen LogP contribution is -2.49. The molecule has 0 aromatic carbocycles. The zero-order valence-electron chi connectivity index (χ0n) is 16.2. The molecule has 160 valence electrons. The summed E-state index contributed by atoms with van der Waals surface area (Å²) in [6.07, 6.45) is -0.678. The second-order valence-electron chi connectivity index (χ2n) is 7.10. The van der Waals surface area contributed by atoms with Gasteiger partial charge in [0.2, 0.25) is 5.91 Å². The van der Waals surface area contributed by atoms with Gasteiger partial charge in [-0.15, -0.1) is 0 Å². The third kappa shape index (κ3) is 4.20. The minimum absolute atomic E-state index is 0.00397. The molecule has 0 spiro atoms. The quantitative estimate of drug-likeness (QED) is 0.680. The number of nitrogens with one attached hydrogen (secondary N) is 1. The molecule has 1 aliphatic rings. The van der Waals surface area contributed by atoms with Crippen molar-refractivity contribution in [2.75, 3.05) is 18.4 Å². The van der Waals surface area contributed by atoms with Crippen LogP contribution in [0.5, 0.6) is 0 Å². The van der Waals surface area contributed by atoms with Gasteiger partial charge in [0.05, 0.1) is 24.1 Å². The van der Waals surface area contributed by atoms with Crippen LogP contribution in [0.3, 0.4) is 0 Å². The second kappa shape index (κ2) is 7.55. The summed E-state index contributed by atoms with van der Waals surface area (Å²) in [5.41, 5.74) is -0.703. The van der Waals surface area contributed by atoms with Gasteiger partial charge >= 0.3 is 6.18 Å². The molecule has 10 nitrogen and oxygen atoms in total. The van der Waals surface area contributed by atoms with E-state index in [1.807, 2.05) is 13.8 Å². The highest BCUT2D eigenvalue weighted by Gasteiger charge is 2.34. The molecule has 4 rings (SSSR count). The molecule has 1 N–H and O–H groups in total. The average Bonchev–Trinajstić information content (AvgIpc) is 3.29. The maximum absolute atomic E-state index is 13.1. The van der Waals surface area contributed by atoms with Gasteiger partial charge in [-0.1, -0.05) is 0 Å². The molecule has 0 saturated carbocycles. The highest BCUT2D eigenvalue weighted by molar-refractivity contribution is 5.76. The van der Waals surface area contributed by atoms with Crippen molar-refractivity contribution in [2.45, 2.75) is 38.8 Å². The Morgan fingerprint density at radius 1 is 1.27 bits per heavy atom. The first kappa shape index (κ1) is 20.1. The van der Waals surface area contributed by atoms with Crippen molar-refractivity contribution in [1.29, 1.82) is 0 Å². The molecule has 2 unspecified atom stereocenters. The van der Waals surface area contributed by atoms with Crippen LogP contribution in [-0.4, -0.2) is 65.5 Å². The number of hydrogen-bond donors (Lipinski definition) is 1. The minimum atomic E-state index is -4.63. The molecule has 3 aromatic heterocycles. The zero-order valence-corrected chi connectivity index (χ0v) is 16.2. The summed E-state index contributed by atoms with van der Waals surface area (Å²) in [5.74, 6) is -0.287. The van der Waals surface area contributed by atoms with Gasteiger partial charge < -0.3 is 15.0 Å². The van der Waals surface area contributed by atoms with Crippen LogP contribution in [0.1, 0.15) is 19.5 Å². The zero-order chi connectivity index (χ0) is 21.5. The van der Waals surface area contributed by atoms with E-state index in [1.165, 1.54) is 17.1 Å². The van der Waals surface area contributed by atoms with Crippen molar-refractivity contribution >= 4 is 23.2 Å². The predicted octanol–water partition coefficient (Wildman–Crippen LogP) is 1.72. The topological polar surface area (TPSA) is 102 Å². The van der Waals surface area contributed by atoms with Crippen LogP contribution >= 0.6 is 0 Å². The van der Waals surface area contributed by atoms with Gasteiger partial charge in [-0.25, -0.2) is 4.98 Å². The number of halogens is 3. The Kier molecular flexibility index (Phi) is 5.05. The van der Waals surface area contributed by atoms with Crippen LogP contribution in [0.2, 0.25) is 0 Å². The number of hydrogen-bond acceptors (Lipinski definition) is 7. The first-order chi connectivity index (χ1) is 14.2. The molecule has 13 heteroatoms. The first-order valence-electron chi connectivity index (χ1n) is 9.20. The van der Waals surface area contributed by atoms with Crippen molar-refractivity contribution in [3.8, 4) is 0 Å². The Labute approximate surface area is 168 Å². The summed E-state index contributed by atoms with van der Waals surface area (Å²) in [5, 5.41) is 10.8. The number of fused-ring (bicyclic) bond motifs is 1. The molecule has 2 atom stereocenters. The Balaban J connectivity index is 1.50. The molecule has 0 aliphatic carbocycles. The Hall–Kier alpha value is -3.22. The minimum Gasteiger partial charge on any atom is -0.372 e. The molecule has 1 fully saturated rings. The van der Waals surface area contributed by atoms with Crippen molar-refractivity contribution in [3.63, 3.8) is 0 Å². The van der Waals surface area contributed by atoms with Crippen molar-refractivity contribution in [2.24, 2.45) is 0 Å². The summed E-state index contributed by atoms with van der Waals surface area (Å²) in [7, 11) is 0. The smallest absolute Gasteiger partial charge is 0.372 e. The second-order valence-corrected chi connectivity index (χ2v) is 7.10. The van der Waals surface area contributed by atoms with Gasteiger partial charge in [0.25, 0.3) is 5.78 Å². The third-order valence-electron chi connectivity index (χ3n) is 4.52. The van der Waals surface area contributed by atoms with Gasteiger partial charge in [0.15, 0.2) is 5.69 Å². The Bertz CT molecular complexity index is 1050. The average molecular weight is 424 g/mol. The number of ether oxygens (including phenoxy) is 1. The van der Waals surface area contributed by atoms with Gasteiger partial charge in [-0.3, -0.25) is 9.48 Å². The summed E-state index contributed by atoms with van der Waals surface area (Å²) in [6.45, 7) is 4.81. The van der Waals surface area contributed by atoms with Gasteiger partial charge in [0, 0.05) is 25.4 Å². The number of rotatable bonds is 4. The van der Waals surface area contributed by atoms with E-state index in [1.54, 1.807) is 4.90 Å². The highest BCUT2D eigenvalue weighted by Crippen LogP contribution is 2.30. The lowest BCUT2D eigenvalue weighted by Gasteiger charge is -2.35. The van der Waals surface area contributed by atoms with E-state index in [4.69, 9.17) is 4.74 Å². The van der Waals surface area contributed by atoms with Crippen LogP contribution in [0, 0.1) is 0 Å². The Morgan fingerprint density at radius 3 is 2.70 bits per heavy atom. The highest BCUT2D eigenvalue weighted by atomic mass is 19.4. The number of morpholine rings is 1. The van der Waals surface area contributed by atoms with Crippen LogP contribution in [0.4, 0.5) is 24.7 Å². The van der Waals surface area contributed by atoms with Crippen LogP contribution < -0.4 is 5.32 Å². The molecule has 1 aliphatic heterocycles. The standard InChI is InChI=1S/C17H19F3N8O2/c1-10-5-26(6-11(2)30-10)15(29)8-27-7-12(4-22-27)24-14-3-13(17(18,19)20)25-16-21-9-23-28(14)16/h3-4,7,9-11,24H,5-6,8H2,1-2H3. The van der Waals surface area contributed by atoms with Crippen LogP contribution in [0.15, 0.2) is 24.8 Å². The Morgan fingerprint density at radius 2 is 2.00 bits per heavy atom. The molecular weight excluding hydrogens is 405 g/mol. The van der Waals surface area contributed by atoms with Crippen LogP contribution in [-0.2, 0) is 22.3 Å². The summed E-state index contributed by atoms with van der Waals surface area (Å²) in [4.78, 5) is 21.5. The molecule has 1 saturated heterocycles. The molecule has 1 amide bonds. The number of carbonyl (C=O) groups is 1. The lowest BCUT2D eigenvalue weighted by molar-refractivity contribution is -0.144. The van der Waals surface area contributed by atoms with Gasteiger partial charge in [-0.2, -0.15) is 32.9 Å². The van der Waals surface area contributed by atoms with E-state index in [2.05, 4.69) is 25.5 Å². The number of carbonyl (C=O) groups excluding carboxylic acids is 1. The van der Waals surface area contributed by atoms with Gasteiger partial charge in [-0.05, 0) is 13.8 Å². The number of amides is 1. The third-order valence-corrected chi connectivity index (χ3v) is 4.52. The monoisotopic (exact) mass is 424 g/mol. The normalized spacial score (nSPS) is 20.0. The van der Waals surface area contributed by atoms with E-state index in [0.717, 1.165) is 16.9 Å². The molecule has 3 aromatic rings. The van der Waals surface area contributed by atoms with Crippen LogP contribution in [0.25, 0.3) is 5.78 Å². The van der Waals surface area contributed by atoms with E-state index in [-0.39, 0.29) is 36.3 Å². The fourth-order valence-corrected chi connectivity index (χ4v) is 3.33. The van der Waals surface area contributed by atoms with E-state index < -0.39 is 11.9 Å². The van der Waals surface area contributed by atoms with Crippen molar-refractivity contribution < 1.29 is 22.7 Å². The number of nitrogens with zero attached hydrogens (tertiary/aromatic N) is 7. The van der Waals surface area contributed by atoms with E-state index >= 15 is 0 Å². The molecular formula is C17H19F3N8O2. The first-order valence-corrected chi connectivity index (χ1v) is 9.20. The largest absolute Gasteiger partial charge is 0.433 e. The fraction of sp³-hybridized carbons (Fsp3) is 0.471. The number of alkyl halides is 3. The number of aromatic nitrogens is 6. The summed E-state index contributed by atoms with van der Waals surface area (Å²) < 4.78 is 47.5. The molecule has 4 heterocycles. The molecule has 30 heavy (non-hydrogen) atoms. The van der Waals surface area contributed by atoms with Crippen molar-refractivity contribution in [1.82, 2.24) is 34.3 Å². The maximum atomic E-state index is 13.1. The molecule has 0 radical (unpaired) electrons. The lowest BCUT2D eigenvalue weighted by atomic mass is 10.2.